The van der Waals surface area contributed by atoms with Gasteiger partial charge in [-0.2, -0.15) is 13.6 Å². The van der Waals surface area contributed by atoms with Crippen molar-refractivity contribution in [3.63, 3.8) is 0 Å². The first-order valence-electron chi connectivity index (χ1n) is 11.8. The van der Waals surface area contributed by atoms with Crippen LogP contribution in [0.3, 0.4) is 0 Å². The fourth-order valence-corrected chi connectivity index (χ4v) is 7.60. The molecule has 3 aliphatic rings. The van der Waals surface area contributed by atoms with Gasteiger partial charge in [0, 0.05) is 6.42 Å². The number of fused-ring (bicyclic) bond motifs is 5. The number of aliphatic hydroxyl groups is 1. The maximum atomic E-state index is 11.9. The van der Waals surface area contributed by atoms with Gasteiger partial charge in [-0.1, -0.05) is 25.1 Å². The van der Waals surface area contributed by atoms with Crippen molar-refractivity contribution in [2.45, 2.75) is 63.4 Å². The second-order valence-corrected chi connectivity index (χ2v) is 11.6. The summed E-state index contributed by atoms with van der Waals surface area (Å²) >= 11 is 0. The van der Waals surface area contributed by atoms with E-state index in [1.165, 1.54) is 5.56 Å². The molecule has 5 atom stereocenters. The molecule has 2 fully saturated rings. The second-order valence-electron chi connectivity index (χ2n) is 10.4. The Hall–Kier alpha value is -2.09. The Bertz CT molecular complexity index is 1150. The molecule has 0 spiro atoms. The van der Waals surface area contributed by atoms with E-state index < -0.39 is 15.9 Å². The van der Waals surface area contributed by atoms with Gasteiger partial charge in [0.05, 0.1) is 12.7 Å². The smallest absolute Gasteiger partial charge is 0.380 e. The Morgan fingerprint density at radius 2 is 1.79 bits per heavy atom. The molecule has 0 aromatic heterocycles. The molecule has 33 heavy (non-hydrogen) atoms. The van der Waals surface area contributed by atoms with Crippen molar-refractivity contribution in [3.8, 4) is 11.5 Å². The third-order valence-corrected chi connectivity index (χ3v) is 9.31. The zero-order chi connectivity index (χ0) is 23.4. The van der Waals surface area contributed by atoms with Gasteiger partial charge < -0.3 is 14.0 Å². The summed E-state index contributed by atoms with van der Waals surface area (Å²) < 4.78 is 32.8. The van der Waals surface area contributed by atoms with E-state index in [1.54, 1.807) is 13.2 Å². The van der Waals surface area contributed by atoms with Gasteiger partial charge in [0.1, 0.15) is 11.5 Å². The van der Waals surface area contributed by atoms with Crippen LogP contribution in [-0.4, -0.2) is 26.2 Å². The van der Waals surface area contributed by atoms with Gasteiger partial charge in [-0.3, -0.25) is 0 Å². The van der Waals surface area contributed by atoms with Crippen molar-refractivity contribution in [1.29, 1.82) is 0 Å². The fourth-order valence-electron chi connectivity index (χ4n) is 7.23. The van der Waals surface area contributed by atoms with Gasteiger partial charge in [-0.05, 0) is 103 Å². The highest BCUT2D eigenvalue weighted by molar-refractivity contribution is 7.84. The van der Waals surface area contributed by atoms with E-state index >= 15 is 0 Å². The molecule has 3 N–H and O–H groups in total. The van der Waals surface area contributed by atoms with Crippen LogP contribution in [0, 0.1) is 17.3 Å². The molecule has 3 aliphatic carbocycles. The van der Waals surface area contributed by atoms with Crippen molar-refractivity contribution < 1.29 is 22.4 Å². The first kappa shape index (κ1) is 22.7. The molecule has 7 heteroatoms. The first-order valence-corrected chi connectivity index (χ1v) is 13.3. The lowest BCUT2D eigenvalue weighted by Gasteiger charge is -2.53. The molecule has 6 nitrogen and oxygen atoms in total. The Balaban J connectivity index is 1.38. The number of rotatable bonds is 5. The van der Waals surface area contributed by atoms with E-state index in [2.05, 4.69) is 19.1 Å². The molecule has 2 saturated carbocycles. The molecule has 0 radical (unpaired) electrons. The number of benzene rings is 2. The molecule has 2 aromatic carbocycles. The van der Waals surface area contributed by atoms with E-state index in [1.807, 2.05) is 24.3 Å². The second kappa shape index (κ2) is 8.00. The average Bonchev–Trinajstić information content (AvgIpc) is 3.03. The van der Waals surface area contributed by atoms with Crippen LogP contribution >= 0.6 is 0 Å². The van der Waals surface area contributed by atoms with Crippen molar-refractivity contribution in [1.82, 2.24) is 0 Å². The summed E-state index contributed by atoms with van der Waals surface area (Å²) in [6, 6.07) is 13.6. The Morgan fingerprint density at radius 3 is 2.48 bits per heavy atom. The molecule has 0 amide bonds. The molecular formula is C26H33NO5S. The van der Waals surface area contributed by atoms with Crippen LogP contribution < -0.4 is 14.1 Å². The van der Waals surface area contributed by atoms with Crippen LogP contribution in [0.1, 0.15) is 61.6 Å². The summed E-state index contributed by atoms with van der Waals surface area (Å²) in [6.07, 6.45) is 6.51. The summed E-state index contributed by atoms with van der Waals surface area (Å²) in [5.41, 5.74) is 2.80. The van der Waals surface area contributed by atoms with E-state index in [-0.39, 0.29) is 11.2 Å². The zero-order valence-corrected chi connectivity index (χ0v) is 20.1. The van der Waals surface area contributed by atoms with Gasteiger partial charge in [-0.25, -0.2) is 0 Å². The molecule has 178 valence electrons. The molecule has 0 aliphatic heterocycles. The van der Waals surface area contributed by atoms with E-state index in [0.717, 1.165) is 55.4 Å². The van der Waals surface area contributed by atoms with Gasteiger partial charge in [-0.15, -0.1) is 0 Å². The highest BCUT2D eigenvalue weighted by atomic mass is 32.2. The van der Waals surface area contributed by atoms with Crippen molar-refractivity contribution in [2.24, 2.45) is 22.4 Å². The summed E-state index contributed by atoms with van der Waals surface area (Å²) in [7, 11) is -2.36. The van der Waals surface area contributed by atoms with Crippen molar-refractivity contribution in [3.05, 3.63) is 59.2 Å². The van der Waals surface area contributed by atoms with Crippen LogP contribution in [0.5, 0.6) is 11.5 Å². The molecule has 0 heterocycles. The van der Waals surface area contributed by atoms with Gasteiger partial charge >= 0.3 is 10.3 Å². The van der Waals surface area contributed by atoms with Gasteiger partial charge in [0.25, 0.3) is 0 Å². The van der Waals surface area contributed by atoms with Crippen LogP contribution in [0.15, 0.2) is 42.5 Å². The van der Waals surface area contributed by atoms with Crippen LogP contribution in [0.2, 0.25) is 0 Å². The van der Waals surface area contributed by atoms with Crippen molar-refractivity contribution in [2.75, 3.05) is 7.11 Å². The third-order valence-electron chi connectivity index (χ3n) is 8.89. The summed E-state index contributed by atoms with van der Waals surface area (Å²) in [6.45, 7) is 2.31. The van der Waals surface area contributed by atoms with Gasteiger partial charge in [0.15, 0.2) is 0 Å². The minimum atomic E-state index is -4.02. The average molecular weight is 472 g/mol. The predicted molar refractivity (Wildman–Crippen MR) is 126 cm³/mol. The molecule has 0 saturated heterocycles. The lowest BCUT2D eigenvalue weighted by Crippen LogP contribution is -2.51. The van der Waals surface area contributed by atoms with Crippen LogP contribution in [0.25, 0.3) is 0 Å². The zero-order valence-electron chi connectivity index (χ0n) is 19.3. The van der Waals surface area contributed by atoms with Crippen molar-refractivity contribution >= 4 is 10.3 Å². The largest absolute Gasteiger partial charge is 0.497 e. The molecule has 0 bridgehead atoms. The van der Waals surface area contributed by atoms with E-state index in [9.17, 15) is 13.5 Å². The predicted octanol–water partition coefficient (Wildman–Crippen LogP) is 4.11. The summed E-state index contributed by atoms with van der Waals surface area (Å²) in [5.74, 6) is 2.57. The molecule has 2 aromatic rings. The Morgan fingerprint density at radius 1 is 1.06 bits per heavy atom. The fraction of sp³-hybridized carbons (Fsp3) is 0.538. The maximum absolute atomic E-state index is 11.9. The van der Waals surface area contributed by atoms with Crippen LogP contribution in [-0.2, 0) is 23.1 Å². The SMILES string of the molecule is COc1ccc(C[C@]2(O)CC[C@H]3[C@@H]4CCc5cc(OS(N)(=O)=O)ccc5[C@H]4CC[C@@]32C)cc1. The number of methoxy groups -OCH3 is 1. The first-order chi connectivity index (χ1) is 15.6. The third kappa shape index (κ3) is 3.94. The minimum Gasteiger partial charge on any atom is -0.497 e. The summed E-state index contributed by atoms with van der Waals surface area (Å²) in [4.78, 5) is 0. The number of aryl methyl sites for hydroxylation is 1. The summed E-state index contributed by atoms with van der Waals surface area (Å²) in [5, 5.41) is 17.0. The Labute approximate surface area is 196 Å². The topological polar surface area (TPSA) is 98.8 Å². The maximum Gasteiger partial charge on any atom is 0.380 e. The monoisotopic (exact) mass is 471 g/mol. The molecule has 5 rings (SSSR count). The van der Waals surface area contributed by atoms with E-state index in [0.29, 0.717) is 24.2 Å². The number of nitrogens with two attached hydrogens (primary N) is 1. The quantitative estimate of drug-likeness (QED) is 0.684. The lowest BCUT2D eigenvalue weighted by atomic mass is 9.53. The van der Waals surface area contributed by atoms with Crippen LogP contribution in [0.4, 0.5) is 0 Å². The molecule has 0 unspecified atom stereocenters. The highest BCUT2D eigenvalue weighted by Crippen LogP contribution is 2.64. The normalized spacial score (nSPS) is 33.0. The standard InChI is InChI=1S/C26H33NO5S/c1-25-13-11-22-21-10-8-20(32-33(27,29)30)15-18(21)5-9-23(22)24(25)12-14-26(25,28)16-17-3-6-19(31-2)7-4-17/h3-4,6-8,10,15,22-24,28H,5,9,11-14,16H2,1-2H3,(H2,27,29,30)/t22-,23-,24+,25+,26-/m1/s1. The molecular weight excluding hydrogens is 438 g/mol. The Kier molecular flexibility index (Phi) is 5.50. The highest BCUT2D eigenvalue weighted by Gasteiger charge is 2.61. The number of ether oxygens (including phenoxy) is 1. The number of hydrogen-bond acceptors (Lipinski definition) is 5. The number of hydrogen-bond donors (Lipinski definition) is 2. The van der Waals surface area contributed by atoms with E-state index in [4.69, 9.17) is 14.1 Å². The minimum absolute atomic E-state index is 0.109. The lowest BCUT2D eigenvalue weighted by molar-refractivity contribution is -0.102. The van der Waals surface area contributed by atoms with Gasteiger partial charge in [0.2, 0.25) is 0 Å².